The van der Waals surface area contributed by atoms with Crippen LogP contribution in [0.2, 0.25) is 0 Å². The summed E-state index contributed by atoms with van der Waals surface area (Å²) in [6.07, 6.45) is -0.407. The molecule has 0 saturated heterocycles. The first-order valence-corrected chi connectivity index (χ1v) is 11.9. The van der Waals surface area contributed by atoms with E-state index in [2.05, 4.69) is 21.2 Å². The predicted molar refractivity (Wildman–Crippen MR) is 123 cm³/mol. The number of carbonyl (C=O) groups excluding carboxylic acids is 1. The van der Waals surface area contributed by atoms with E-state index >= 15 is 0 Å². The summed E-state index contributed by atoms with van der Waals surface area (Å²) >= 11 is 3.39. The molecule has 0 unspecified atom stereocenters. The van der Waals surface area contributed by atoms with Crippen LogP contribution in [0.5, 0.6) is 0 Å². The number of rotatable bonds is 5. The van der Waals surface area contributed by atoms with Crippen molar-refractivity contribution in [2.75, 3.05) is 6.54 Å². The summed E-state index contributed by atoms with van der Waals surface area (Å²) < 4.78 is 33.6. The fraction of sp³-hybridized carbons (Fsp3) is 0.318. The van der Waals surface area contributed by atoms with Crippen molar-refractivity contribution in [3.63, 3.8) is 0 Å². The highest BCUT2D eigenvalue weighted by Crippen LogP contribution is 2.32. The lowest BCUT2D eigenvalue weighted by molar-refractivity contribution is 0.0492. The number of benzene rings is 2. The van der Waals surface area contributed by atoms with Gasteiger partial charge in [-0.05, 0) is 58.0 Å². The lowest BCUT2D eigenvalue weighted by Gasteiger charge is -2.20. The zero-order chi connectivity index (χ0) is 23.0. The predicted octanol–water partition coefficient (Wildman–Crippen LogP) is 4.51. The Hall–Kier alpha value is -2.36. The Kier molecular flexibility index (Phi) is 6.50. The molecule has 166 valence electrons. The van der Waals surface area contributed by atoms with Crippen LogP contribution in [0.3, 0.4) is 0 Å². The number of carbonyl (C=O) groups is 1. The zero-order valence-corrected chi connectivity index (χ0v) is 20.1. The number of alkyl carbamates (subject to hydrolysis) is 1. The lowest BCUT2D eigenvalue weighted by atomic mass is 10.1. The van der Waals surface area contributed by atoms with Crippen LogP contribution in [-0.2, 0) is 14.8 Å². The van der Waals surface area contributed by atoms with E-state index in [-0.39, 0.29) is 11.4 Å². The molecule has 0 aliphatic carbocycles. The van der Waals surface area contributed by atoms with Gasteiger partial charge in [0.2, 0.25) is 0 Å². The minimum atomic E-state index is -3.88. The molecule has 7 nitrogen and oxygen atoms in total. The van der Waals surface area contributed by atoms with E-state index in [0.717, 1.165) is 14.0 Å². The molecule has 1 aromatic heterocycles. The second-order valence-corrected chi connectivity index (χ2v) is 11.0. The van der Waals surface area contributed by atoms with Crippen LogP contribution < -0.4 is 5.32 Å². The Morgan fingerprint density at radius 3 is 2.45 bits per heavy atom. The third-order valence-corrected chi connectivity index (χ3v) is 6.72. The number of hydrogen-bond donors (Lipinski definition) is 2. The SMILES string of the molecule is Cc1ccc(S(=O)(=O)n2cc([C@H](O)CNC(=O)OC(C)(C)C)c3cc(Br)ccc32)cc1. The first kappa shape index (κ1) is 23.3. The van der Waals surface area contributed by atoms with Crippen molar-refractivity contribution < 1.29 is 23.1 Å². The summed E-state index contributed by atoms with van der Waals surface area (Å²) in [5.74, 6) is 0. The summed E-state index contributed by atoms with van der Waals surface area (Å²) in [6.45, 7) is 6.97. The van der Waals surface area contributed by atoms with Gasteiger partial charge in [0.25, 0.3) is 10.0 Å². The molecule has 0 aliphatic heterocycles. The first-order valence-electron chi connectivity index (χ1n) is 9.66. The Bertz CT molecular complexity index is 1210. The fourth-order valence-corrected chi connectivity index (χ4v) is 4.83. The van der Waals surface area contributed by atoms with Crippen molar-refractivity contribution in [1.29, 1.82) is 0 Å². The van der Waals surface area contributed by atoms with E-state index < -0.39 is 27.8 Å². The molecule has 1 amide bonds. The third kappa shape index (κ3) is 5.28. The van der Waals surface area contributed by atoms with Gasteiger partial charge in [0, 0.05) is 21.6 Å². The standard InChI is InChI=1S/C22H25BrN2O5S/c1-14-5-8-16(9-6-14)31(28,29)25-13-18(17-11-15(23)7-10-19(17)25)20(26)12-24-21(27)30-22(2,3)4/h5-11,13,20,26H,12H2,1-4H3,(H,24,27)/t20-/m1/s1. The van der Waals surface area contributed by atoms with E-state index in [0.29, 0.717) is 16.5 Å². The molecule has 0 spiro atoms. The quantitative estimate of drug-likeness (QED) is 0.528. The molecule has 31 heavy (non-hydrogen) atoms. The Balaban J connectivity index is 1.99. The van der Waals surface area contributed by atoms with Crippen LogP contribution in [-0.4, -0.2) is 35.7 Å². The molecular formula is C22H25BrN2O5S. The molecule has 0 saturated carbocycles. The molecule has 0 bridgehead atoms. The van der Waals surface area contributed by atoms with Gasteiger partial charge in [-0.25, -0.2) is 17.2 Å². The van der Waals surface area contributed by atoms with E-state index in [9.17, 15) is 18.3 Å². The van der Waals surface area contributed by atoms with Crippen molar-refractivity contribution in [3.05, 3.63) is 64.3 Å². The molecule has 3 rings (SSSR count). The fourth-order valence-electron chi connectivity index (χ4n) is 3.09. The molecule has 1 atom stereocenters. The number of aliphatic hydroxyl groups is 1. The topological polar surface area (TPSA) is 97.6 Å². The second kappa shape index (κ2) is 8.64. The highest BCUT2D eigenvalue weighted by molar-refractivity contribution is 9.10. The summed E-state index contributed by atoms with van der Waals surface area (Å²) in [6, 6.07) is 11.7. The normalized spacial score (nSPS) is 13.2. The number of aliphatic hydroxyl groups excluding tert-OH is 1. The molecule has 2 aromatic carbocycles. The molecule has 0 aliphatic rings. The molecule has 3 aromatic rings. The Morgan fingerprint density at radius 2 is 1.84 bits per heavy atom. The number of aromatic nitrogens is 1. The number of amides is 1. The van der Waals surface area contributed by atoms with Gasteiger partial charge in [-0.2, -0.15) is 0 Å². The van der Waals surface area contributed by atoms with Crippen LogP contribution in [0.1, 0.15) is 38.0 Å². The summed E-state index contributed by atoms with van der Waals surface area (Å²) in [5, 5.41) is 13.8. The van der Waals surface area contributed by atoms with Crippen LogP contribution in [0.15, 0.2) is 58.0 Å². The second-order valence-electron chi connectivity index (χ2n) is 8.26. The van der Waals surface area contributed by atoms with Crippen LogP contribution in [0.25, 0.3) is 10.9 Å². The Labute approximate surface area is 190 Å². The van der Waals surface area contributed by atoms with Crippen molar-refractivity contribution >= 4 is 42.9 Å². The number of aryl methyl sites for hydroxylation is 1. The molecule has 1 heterocycles. The van der Waals surface area contributed by atoms with Gasteiger partial charge >= 0.3 is 6.09 Å². The van der Waals surface area contributed by atoms with Crippen molar-refractivity contribution in [2.24, 2.45) is 0 Å². The summed E-state index contributed by atoms with van der Waals surface area (Å²) in [7, 11) is -3.88. The van der Waals surface area contributed by atoms with Gasteiger partial charge in [0.15, 0.2) is 0 Å². The van der Waals surface area contributed by atoms with Gasteiger partial charge in [-0.15, -0.1) is 0 Å². The minimum Gasteiger partial charge on any atom is -0.444 e. The number of hydrogen-bond acceptors (Lipinski definition) is 5. The van der Waals surface area contributed by atoms with Gasteiger partial charge in [-0.3, -0.25) is 0 Å². The summed E-state index contributed by atoms with van der Waals surface area (Å²) in [4.78, 5) is 12.1. The largest absolute Gasteiger partial charge is 0.444 e. The number of ether oxygens (including phenoxy) is 1. The first-order chi connectivity index (χ1) is 14.4. The molecule has 2 N–H and O–H groups in total. The van der Waals surface area contributed by atoms with Crippen LogP contribution in [0.4, 0.5) is 4.79 Å². The Morgan fingerprint density at radius 1 is 1.19 bits per heavy atom. The van der Waals surface area contributed by atoms with Gasteiger partial charge in [0.1, 0.15) is 5.60 Å². The molecule has 0 fully saturated rings. The number of halogens is 1. The number of fused-ring (bicyclic) bond motifs is 1. The zero-order valence-electron chi connectivity index (χ0n) is 17.7. The minimum absolute atomic E-state index is 0.134. The third-order valence-electron chi connectivity index (χ3n) is 4.54. The van der Waals surface area contributed by atoms with E-state index in [1.165, 1.54) is 6.20 Å². The molecular weight excluding hydrogens is 484 g/mol. The van der Waals surface area contributed by atoms with Gasteiger partial charge < -0.3 is 15.2 Å². The lowest BCUT2D eigenvalue weighted by Crippen LogP contribution is -2.34. The number of nitrogens with one attached hydrogen (secondary N) is 1. The highest BCUT2D eigenvalue weighted by atomic mass is 79.9. The molecule has 0 radical (unpaired) electrons. The maximum absolute atomic E-state index is 13.3. The number of nitrogens with zero attached hydrogens (tertiary/aromatic N) is 1. The maximum Gasteiger partial charge on any atom is 0.407 e. The van der Waals surface area contributed by atoms with E-state index in [1.54, 1.807) is 63.2 Å². The van der Waals surface area contributed by atoms with E-state index in [1.807, 2.05) is 6.92 Å². The van der Waals surface area contributed by atoms with Crippen LogP contribution >= 0.6 is 15.9 Å². The van der Waals surface area contributed by atoms with Gasteiger partial charge in [0.05, 0.1) is 23.1 Å². The summed E-state index contributed by atoms with van der Waals surface area (Å²) in [5.41, 5.74) is 1.08. The van der Waals surface area contributed by atoms with Gasteiger partial charge in [-0.1, -0.05) is 33.6 Å². The van der Waals surface area contributed by atoms with Crippen molar-refractivity contribution in [2.45, 2.75) is 44.3 Å². The van der Waals surface area contributed by atoms with E-state index in [4.69, 9.17) is 4.74 Å². The van der Waals surface area contributed by atoms with Crippen molar-refractivity contribution in [3.8, 4) is 0 Å². The molecule has 9 heteroatoms. The smallest absolute Gasteiger partial charge is 0.407 e. The monoisotopic (exact) mass is 508 g/mol. The maximum atomic E-state index is 13.3. The average molecular weight is 509 g/mol. The van der Waals surface area contributed by atoms with Crippen molar-refractivity contribution in [1.82, 2.24) is 9.29 Å². The van der Waals surface area contributed by atoms with Crippen LogP contribution in [0, 0.1) is 6.92 Å². The highest BCUT2D eigenvalue weighted by Gasteiger charge is 2.25. The average Bonchev–Trinajstić information content (AvgIpc) is 3.04.